The number of fused-ring (bicyclic) bond motifs is 11. The molecule has 1 saturated carbocycles. The Labute approximate surface area is 186 Å². The largest absolute Gasteiger partial charge is 0.261 e. The van der Waals surface area contributed by atoms with Gasteiger partial charge in [0.25, 0.3) is 0 Å². The second kappa shape index (κ2) is 5.93. The molecule has 150 valence electrons. The van der Waals surface area contributed by atoms with Crippen molar-refractivity contribution in [2.45, 2.75) is 18.0 Å². The SMILES string of the molecule is N#CN1[C@@H]2[C@@H]([C@@H]3C=C[C@H]2C3)C2(c3ccccc3-c3ccccc32)N1c1ccc(Cl)cc1. The van der Waals surface area contributed by atoms with Crippen molar-refractivity contribution in [2.24, 2.45) is 17.8 Å². The summed E-state index contributed by atoms with van der Waals surface area (Å²) in [7, 11) is 0. The first kappa shape index (κ1) is 17.5. The van der Waals surface area contributed by atoms with E-state index >= 15 is 0 Å². The number of hydrogen-bond acceptors (Lipinski definition) is 3. The lowest BCUT2D eigenvalue weighted by Gasteiger charge is -2.43. The molecule has 3 aromatic carbocycles. The highest BCUT2D eigenvalue weighted by Gasteiger charge is 2.69. The minimum Gasteiger partial charge on any atom is -0.261 e. The minimum absolute atomic E-state index is 0.162. The lowest BCUT2D eigenvalue weighted by molar-refractivity contribution is 0.278. The van der Waals surface area contributed by atoms with Gasteiger partial charge in [0.05, 0.1) is 11.7 Å². The molecule has 2 bridgehead atoms. The Kier molecular flexibility index (Phi) is 3.34. The maximum absolute atomic E-state index is 10.5. The van der Waals surface area contributed by atoms with E-state index < -0.39 is 5.54 Å². The zero-order chi connectivity index (χ0) is 20.7. The second-order valence-electron chi connectivity index (χ2n) is 9.06. The van der Waals surface area contributed by atoms with Crippen LogP contribution in [0.5, 0.6) is 0 Å². The third-order valence-electron chi connectivity index (χ3n) is 7.87. The number of allylic oxidation sites excluding steroid dienone is 1. The smallest absolute Gasteiger partial charge is 0.200 e. The first-order chi connectivity index (χ1) is 15.2. The Balaban J connectivity index is 1.60. The van der Waals surface area contributed by atoms with E-state index in [9.17, 15) is 5.26 Å². The monoisotopic (exact) mass is 421 g/mol. The highest BCUT2D eigenvalue weighted by molar-refractivity contribution is 6.30. The molecule has 0 radical (unpaired) electrons. The summed E-state index contributed by atoms with van der Waals surface area (Å²) in [5.41, 5.74) is 5.77. The Morgan fingerprint density at radius 1 is 0.839 bits per heavy atom. The van der Waals surface area contributed by atoms with Gasteiger partial charge >= 0.3 is 0 Å². The molecule has 2 fully saturated rings. The van der Waals surface area contributed by atoms with Crippen molar-refractivity contribution in [3.05, 3.63) is 101 Å². The van der Waals surface area contributed by atoms with Gasteiger partial charge in [-0.25, -0.2) is 5.01 Å². The molecule has 1 aliphatic heterocycles. The number of hydrazine groups is 1. The summed E-state index contributed by atoms with van der Waals surface area (Å²) < 4.78 is 0. The molecule has 3 aliphatic carbocycles. The van der Waals surface area contributed by atoms with Gasteiger partial charge in [0.2, 0.25) is 0 Å². The molecule has 7 rings (SSSR count). The molecule has 3 aromatic rings. The predicted octanol–water partition coefficient (Wildman–Crippen LogP) is 5.97. The fourth-order valence-corrected chi connectivity index (χ4v) is 7.11. The van der Waals surface area contributed by atoms with Crippen LogP contribution in [0.25, 0.3) is 11.1 Å². The van der Waals surface area contributed by atoms with Gasteiger partial charge in [-0.2, -0.15) is 5.26 Å². The molecule has 0 aromatic heterocycles. The molecule has 4 atom stereocenters. The van der Waals surface area contributed by atoms with Crippen molar-refractivity contribution in [2.75, 3.05) is 5.01 Å². The molecule has 1 saturated heterocycles. The van der Waals surface area contributed by atoms with Crippen LogP contribution in [-0.2, 0) is 5.54 Å². The van der Waals surface area contributed by atoms with E-state index in [1.54, 1.807) is 0 Å². The molecule has 0 unspecified atom stereocenters. The van der Waals surface area contributed by atoms with Crippen LogP contribution in [0.2, 0.25) is 5.02 Å². The minimum atomic E-state index is -0.411. The number of benzene rings is 3. The normalized spacial score (nSPS) is 28.0. The van der Waals surface area contributed by atoms with Gasteiger partial charge in [-0.15, -0.1) is 0 Å². The maximum atomic E-state index is 10.5. The van der Waals surface area contributed by atoms with Crippen LogP contribution in [0, 0.1) is 29.2 Å². The molecule has 4 heteroatoms. The number of nitriles is 1. The number of hydrogen-bond donors (Lipinski definition) is 0. The third-order valence-corrected chi connectivity index (χ3v) is 8.12. The van der Waals surface area contributed by atoms with Crippen LogP contribution < -0.4 is 5.01 Å². The summed E-state index contributed by atoms with van der Waals surface area (Å²) in [6.45, 7) is 0. The van der Waals surface area contributed by atoms with E-state index in [0.29, 0.717) is 22.8 Å². The highest BCUT2D eigenvalue weighted by Crippen LogP contribution is 2.67. The summed E-state index contributed by atoms with van der Waals surface area (Å²) in [6, 6.07) is 25.6. The maximum Gasteiger partial charge on any atom is 0.200 e. The van der Waals surface area contributed by atoms with Crippen LogP contribution >= 0.6 is 11.6 Å². The predicted molar refractivity (Wildman–Crippen MR) is 122 cm³/mol. The van der Waals surface area contributed by atoms with Gasteiger partial charge in [0.1, 0.15) is 5.54 Å². The van der Waals surface area contributed by atoms with E-state index in [0.717, 1.165) is 12.1 Å². The van der Waals surface area contributed by atoms with Crippen LogP contribution in [0.4, 0.5) is 5.69 Å². The van der Waals surface area contributed by atoms with E-state index in [4.69, 9.17) is 11.6 Å². The van der Waals surface area contributed by atoms with Crippen molar-refractivity contribution in [1.29, 1.82) is 5.26 Å². The lowest BCUT2D eigenvalue weighted by atomic mass is 9.69. The Bertz CT molecular complexity index is 1240. The molecule has 31 heavy (non-hydrogen) atoms. The van der Waals surface area contributed by atoms with Gasteiger partial charge in [-0.05, 0) is 58.9 Å². The number of rotatable bonds is 1. The molecule has 4 aliphatic rings. The molecule has 0 N–H and O–H groups in total. The van der Waals surface area contributed by atoms with E-state index in [2.05, 4.69) is 71.9 Å². The highest BCUT2D eigenvalue weighted by atomic mass is 35.5. The van der Waals surface area contributed by atoms with Gasteiger partial charge in [-0.1, -0.05) is 72.3 Å². The van der Waals surface area contributed by atoms with E-state index in [-0.39, 0.29) is 6.04 Å². The lowest BCUT2D eigenvalue weighted by Crippen LogP contribution is -2.50. The standard InChI is InChI=1S/C27H20ClN3/c28-19-11-13-20(14-12-19)31-27(25-17-9-10-18(15-17)26(25)30(31)16-29)23-7-3-1-5-21(23)22-6-2-4-8-24(22)27/h1-14,17-18,25-26H,15H2/t17-,18+,25-,26+/m1/s1. The summed E-state index contributed by atoms with van der Waals surface area (Å²) >= 11 is 6.25. The number of anilines is 1. The zero-order valence-electron chi connectivity index (χ0n) is 16.8. The van der Waals surface area contributed by atoms with Crippen LogP contribution in [0.15, 0.2) is 84.9 Å². The van der Waals surface area contributed by atoms with Crippen LogP contribution in [0.3, 0.4) is 0 Å². The Hall–Kier alpha value is -3.22. The number of nitrogens with zero attached hydrogens (tertiary/aromatic N) is 3. The topological polar surface area (TPSA) is 30.3 Å². The fraction of sp³-hybridized carbons (Fsp3) is 0.222. The molecule has 1 heterocycles. The Morgan fingerprint density at radius 2 is 1.45 bits per heavy atom. The zero-order valence-corrected chi connectivity index (χ0v) is 17.6. The first-order valence-electron chi connectivity index (χ1n) is 10.9. The van der Waals surface area contributed by atoms with Gasteiger partial charge in [0.15, 0.2) is 6.19 Å². The van der Waals surface area contributed by atoms with Crippen LogP contribution in [-0.4, -0.2) is 11.1 Å². The summed E-state index contributed by atoms with van der Waals surface area (Å²) in [6.07, 6.45) is 8.46. The average Bonchev–Trinajstić information content (AvgIpc) is 3.55. The molecule has 3 nitrogen and oxygen atoms in total. The fourth-order valence-electron chi connectivity index (χ4n) is 6.99. The Morgan fingerprint density at radius 3 is 2.10 bits per heavy atom. The van der Waals surface area contributed by atoms with E-state index in [1.165, 1.54) is 22.3 Å². The molecule has 1 spiro atoms. The van der Waals surface area contributed by atoms with Crippen molar-refractivity contribution in [1.82, 2.24) is 5.01 Å². The van der Waals surface area contributed by atoms with E-state index in [1.807, 2.05) is 29.3 Å². The second-order valence-corrected chi connectivity index (χ2v) is 9.49. The van der Waals surface area contributed by atoms with Gasteiger partial charge < -0.3 is 0 Å². The molecular weight excluding hydrogens is 402 g/mol. The third kappa shape index (κ3) is 1.95. The van der Waals surface area contributed by atoms with Crippen molar-refractivity contribution < 1.29 is 0 Å². The summed E-state index contributed by atoms with van der Waals surface area (Å²) in [4.78, 5) is 0. The summed E-state index contributed by atoms with van der Waals surface area (Å²) in [5, 5.41) is 15.4. The van der Waals surface area contributed by atoms with Gasteiger partial charge in [-0.3, -0.25) is 5.01 Å². The first-order valence-corrected chi connectivity index (χ1v) is 11.3. The summed E-state index contributed by atoms with van der Waals surface area (Å²) in [5.74, 6) is 1.17. The van der Waals surface area contributed by atoms with Crippen LogP contribution in [0.1, 0.15) is 17.5 Å². The number of halogens is 1. The molecular formula is C27H20ClN3. The van der Waals surface area contributed by atoms with Crippen molar-refractivity contribution in [3.8, 4) is 17.3 Å². The van der Waals surface area contributed by atoms with Gasteiger partial charge in [0, 0.05) is 16.9 Å². The molecule has 0 amide bonds. The quantitative estimate of drug-likeness (QED) is 0.358. The van der Waals surface area contributed by atoms with Crippen molar-refractivity contribution >= 4 is 17.3 Å². The average molecular weight is 422 g/mol. The van der Waals surface area contributed by atoms with Crippen molar-refractivity contribution in [3.63, 3.8) is 0 Å².